The van der Waals surface area contributed by atoms with Gasteiger partial charge in [-0.1, -0.05) is 72.3 Å². The zero-order chi connectivity index (χ0) is 19.5. The standard InChI is InChI=1S/C23H20ClNO3/c1-27-23(26)20-21(16-8-4-2-5-9-16)25(19-14-12-18(24)13-15-19)28-22(20)17-10-6-3-7-11-17/h2-15,20-22H,1H3/t20-,21-,22+/m0/s1. The Labute approximate surface area is 169 Å². The Morgan fingerprint density at radius 1 is 0.893 bits per heavy atom. The molecule has 0 aromatic heterocycles. The van der Waals surface area contributed by atoms with Crippen molar-refractivity contribution in [2.45, 2.75) is 12.1 Å². The van der Waals surface area contributed by atoms with Crippen LogP contribution in [0.25, 0.3) is 0 Å². The molecule has 1 aliphatic heterocycles. The first-order valence-electron chi connectivity index (χ1n) is 9.08. The molecule has 1 heterocycles. The van der Waals surface area contributed by atoms with Gasteiger partial charge in [-0.2, -0.15) is 0 Å². The van der Waals surface area contributed by atoms with E-state index in [1.807, 2.05) is 84.9 Å². The third kappa shape index (κ3) is 3.49. The molecule has 3 atom stereocenters. The van der Waals surface area contributed by atoms with Crippen LogP contribution in [0, 0.1) is 5.92 Å². The number of ether oxygens (including phenoxy) is 1. The van der Waals surface area contributed by atoms with Crippen molar-refractivity contribution in [1.29, 1.82) is 0 Å². The minimum absolute atomic E-state index is 0.306. The second-order valence-corrected chi connectivity index (χ2v) is 7.08. The van der Waals surface area contributed by atoms with Gasteiger partial charge in [-0.05, 0) is 35.4 Å². The maximum atomic E-state index is 12.9. The lowest BCUT2D eigenvalue weighted by atomic mass is 9.86. The summed E-state index contributed by atoms with van der Waals surface area (Å²) >= 11 is 6.06. The summed E-state index contributed by atoms with van der Waals surface area (Å²) in [6, 6.07) is 26.7. The summed E-state index contributed by atoms with van der Waals surface area (Å²) in [5, 5.41) is 2.44. The quantitative estimate of drug-likeness (QED) is 0.559. The fourth-order valence-electron chi connectivity index (χ4n) is 3.67. The van der Waals surface area contributed by atoms with E-state index in [9.17, 15) is 4.79 Å². The number of anilines is 1. The Morgan fingerprint density at radius 3 is 2.04 bits per heavy atom. The van der Waals surface area contributed by atoms with Crippen LogP contribution in [-0.4, -0.2) is 13.1 Å². The predicted molar refractivity (Wildman–Crippen MR) is 109 cm³/mol. The first kappa shape index (κ1) is 18.5. The number of benzene rings is 3. The van der Waals surface area contributed by atoms with Crippen molar-refractivity contribution in [2.24, 2.45) is 5.92 Å². The lowest BCUT2D eigenvalue weighted by Crippen LogP contribution is -2.29. The van der Waals surface area contributed by atoms with Crippen LogP contribution < -0.4 is 5.06 Å². The number of esters is 1. The molecule has 142 valence electrons. The minimum Gasteiger partial charge on any atom is -0.469 e. The molecule has 0 N–H and O–H groups in total. The van der Waals surface area contributed by atoms with Crippen LogP contribution in [0.1, 0.15) is 23.3 Å². The van der Waals surface area contributed by atoms with E-state index in [1.165, 1.54) is 7.11 Å². The molecule has 0 bridgehead atoms. The van der Waals surface area contributed by atoms with E-state index in [2.05, 4.69) is 0 Å². The Kier molecular flexibility index (Phi) is 5.33. The monoisotopic (exact) mass is 393 g/mol. The maximum absolute atomic E-state index is 12.9. The van der Waals surface area contributed by atoms with Crippen molar-refractivity contribution in [2.75, 3.05) is 12.2 Å². The van der Waals surface area contributed by atoms with Gasteiger partial charge in [-0.3, -0.25) is 9.63 Å². The first-order chi connectivity index (χ1) is 13.7. The maximum Gasteiger partial charge on any atom is 0.314 e. The van der Waals surface area contributed by atoms with E-state index in [0.717, 1.165) is 16.8 Å². The number of halogens is 1. The highest BCUT2D eigenvalue weighted by atomic mass is 35.5. The van der Waals surface area contributed by atoms with E-state index in [4.69, 9.17) is 21.2 Å². The molecule has 0 unspecified atom stereocenters. The van der Waals surface area contributed by atoms with Crippen LogP contribution in [0.4, 0.5) is 5.69 Å². The zero-order valence-electron chi connectivity index (χ0n) is 15.4. The first-order valence-corrected chi connectivity index (χ1v) is 9.46. The number of hydroxylamine groups is 1. The van der Waals surface area contributed by atoms with Crippen LogP contribution in [-0.2, 0) is 14.4 Å². The van der Waals surface area contributed by atoms with E-state index in [0.29, 0.717) is 5.02 Å². The summed E-state index contributed by atoms with van der Waals surface area (Å²) < 4.78 is 5.17. The zero-order valence-corrected chi connectivity index (χ0v) is 16.1. The molecule has 0 radical (unpaired) electrons. The van der Waals surface area contributed by atoms with Gasteiger partial charge in [0.05, 0.1) is 18.8 Å². The number of carbonyl (C=O) groups excluding carboxylic acids is 1. The highest BCUT2D eigenvalue weighted by Crippen LogP contribution is 2.49. The second-order valence-electron chi connectivity index (χ2n) is 6.64. The largest absolute Gasteiger partial charge is 0.469 e. The van der Waals surface area contributed by atoms with E-state index < -0.39 is 12.0 Å². The van der Waals surface area contributed by atoms with Crippen molar-refractivity contribution >= 4 is 23.3 Å². The molecular formula is C23H20ClNO3. The number of hydrogen-bond acceptors (Lipinski definition) is 4. The Morgan fingerprint density at radius 2 is 1.46 bits per heavy atom. The van der Waals surface area contributed by atoms with E-state index in [1.54, 1.807) is 5.06 Å². The number of nitrogens with zero attached hydrogens (tertiary/aromatic N) is 1. The van der Waals surface area contributed by atoms with Crippen molar-refractivity contribution in [1.82, 2.24) is 0 Å². The summed E-state index contributed by atoms with van der Waals surface area (Å²) in [4.78, 5) is 19.2. The number of methoxy groups -OCH3 is 1. The lowest BCUT2D eigenvalue weighted by molar-refractivity contribution is -0.147. The summed E-state index contributed by atoms with van der Waals surface area (Å²) in [6.07, 6.45) is -0.463. The number of carbonyl (C=O) groups is 1. The molecule has 1 saturated heterocycles. The molecule has 0 amide bonds. The summed E-state index contributed by atoms with van der Waals surface area (Å²) in [6.45, 7) is 0. The van der Waals surface area contributed by atoms with Crippen LogP contribution in [0.15, 0.2) is 84.9 Å². The normalized spacial score (nSPS) is 21.5. The summed E-state index contributed by atoms with van der Waals surface area (Å²) in [5.74, 6) is -0.829. The van der Waals surface area contributed by atoms with Gasteiger partial charge in [0.1, 0.15) is 12.0 Å². The van der Waals surface area contributed by atoms with Crippen LogP contribution >= 0.6 is 11.6 Å². The molecule has 0 spiro atoms. The molecule has 3 aromatic carbocycles. The highest BCUT2D eigenvalue weighted by Gasteiger charge is 2.49. The van der Waals surface area contributed by atoms with Crippen LogP contribution in [0.5, 0.6) is 0 Å². The minimum atomic E-state index is -0.523. The molecule has 0 aliphatic carbocycles. The molecule has 1 aliphatic rings. The van der Waals surface area contributed by atoms with Crippen LogP contribution in [0.3, 0.4) is 0 Å². The predicted octanol–water partition coefficient (Wildman–Crippen LogP) is 5.36. The van der Waals surface area contributed by atoms with Crippen molar-refractivity contribution in [3.05, 3.63) is 101 Å². The molecule has 28 heavy (non-hydrogen) atoms. The van der Waals surface area contributed by atoms with Gasteiger partial charge >= 0.3 is 5.97 Å². The molecule has 1 fully saturated rings. The van der Waals surface area contributed by atoms with Gasteiger partial charge in [0.15, 0.2) is 0 Å². The van der Waals surface area contributed by atoms with Gasteiger partial charge in [0.2, 0.25) is 0 Å². The SMILES string of the molecule is COC(=O)[C@@H]1[C@@H](c2ccccc2)ON(c2ccc(Cl)cc2)[C@H]1c1ccccc1. The molecule has 4 rings (SSSR count). The number of hydrogen-bond donors (Lipinski definition) is 0. The van der Waals surface area contributed by atoms with Gasteiger partial charge < -0.3 is 4.74 Å². The van der Waals surface area contributed by atoms with Crippen molar-refractivity contribution in [3.63, 3.8) is 0 Å². The van der Waals surface area contributed by atoms with Crippen LogP contribution in [0.2, 0.25) is 5.02 Å². The van der Waals surface area contributed by atoms with Gasteiger partial charge in [0.25, 0.3) is 0 Å². The summed E-state index contributed by atoms with van der Waals surface area (Å²) in [5.41, 5.74) is 2.73. The highest BCUT2D eigenvalue weighted by molar-refractivity contribution is 6.30. The Bertz CT molecular complexity index is 931. The molecule has 5 heteroatoms. The third-order valence-corrected chi connectivity index (χ3v) is 5.22. The van der Waals surface area contributed by atoms with E-state index in [-0.39, 0.29) is 12.0 Å². The van der Waals surface area contributed by atoms with E-state index >= 15 is 0 Å². The third-order valence-electron chi connectivity index (χ3n) is 4.97. The average molecular weight is 394 g/mol. The van der Waals surface area contributed by atoms with Gasteiger partial charge in [0, 0.05) is 5.02 Å². The molecule has 4 nitrogen and oxygen atoms in total. The summed E-state index contributed by atoms with van der Waals surface area (Å²) in [7, 11) is 1.41. The topological polar surface area (TPSA) is 38.8 Å². The fourth-order valence-corrected chi connectivity index (χ4v) is 3.79. The Hall–Kier alpha value is -2.82. The van der Waals surface area contributed by atoms with Gasteiger partial charge in [-0.25, -0.2) is 5.06 Å². The second kappa shape index (κ2) is 8.05. The molecule has 3 aromatic rings. The fraction of sp³-hybridized carbons (Fsp3) is 0.174. The molecule has 0 saturated carbocycles. The van der Waals surface area contributed by atoms with Crippen molar-refractivity contribution < 1.29 is 14.4 Å². The number of rotatable bonds is 4. The molecular weight excluding hydrogens is 374 g/mol. The Balaban J connectivity index is 1.84. The lowest BCUT2D eigenvalue weighted by Gasteiger charge is -2.26. The smallest absolute Gasteiger partial charge is 0.314 e. The van der Waals surface area contributed by atoms with Crippen molar-refractivity contribution in [3.8, 4) is 0 Å². The average Bonchev–Trinajstić information content (AvgIpc) is 3.15. The van der Waals surface area contributed by atoms with Gasteiger partial charge in [-0.15, -0.1) is 0 Å².